The maximum atomic E-state index is 12.6. The molecule has 82 valence electrons. The van der Waals surface area contributed by atoms with Crippen molar-refractivity contribution in [2.75, 3.05) is 6.54 Å². The van der Waals surface area contributed by atoms with Crippen molar-refractivity contribution in [1.29, 1.82) is 0 Å². The van der Waals surface area contributed by atoms with Crippen molar-refractivity contribution in [3.05, 3.63) is 35.6 Å². The zero-order valence-corrected chi connectivity index (χ0v) is 8.57. The van der Waals surface area contributed by atoms with Gasteiger partial charge in [0.25, 0.3) is 0 Å². The van der Waals surface area contributed by atoms with Gasteiger partial charge in [0, 0.05) is 6.42 Å². The van der Waals surface area contributed by atoms with Crippen molar-refractivity contribution in [2.24, 2.45) is 5.73 Å². The molecule has 1 aromatic carbocycles. The molecule has 0 aliphatic heterocycles. The van der Waals surface area contributed by atoms with Crippen LogP contribution in [-0.2, 0) is 16.0 Å². The third-order valence-electron chi connectivity index (χ3n) is 1.94. The van der Waals surface area contributed by atoms with Gasteiger partial charge in [-0.15, -0.1) is 0 Å². The fourth-order valence-corrected chi connectivity index (χ4v) is 1.27. The molecule has 1 rings (SSSR count). The molecular weight excluding hydrogens is 197 g/mol. The molecule has 0 radical (unpaired) electrons. The van der Waals surface area contributed by atoms with Crippen LogP contribution in [0.15, 0.2) is 24.3 Å². The highest BCUT2D eigenvalue weighted by atomic mass is 19.1. The molecule has 2 N–H and O–H groups in total. The second-order valence-electron chi connectivity index (χ2n) is 3.34. The van der Waals surface area contributed by atoms with E-state index in [1.807, 2.05) is 0 Å². The largest absolute Gasteiger partial charge is 0.461 e. The number of nitrogens with two attached hydrogens (primary N) is 1. The van der Waals surface area contributed by atoms with E-state index in [2.05, 4.69) is 0 Å². The summed E-state index contributed by atoms with van der Waals surface area (Å²) in [5.41, 5.74) is 6.03. The van der Waals surface area contributed by atoms with E-state index in [1.54, 1.807) is 19.1 Å². The molecule has 0 aromatic heterocycles. The standard InChI is InChI=1S/C11H14FNO2/c1-8(15-11(14)7-13)6-9-2-4-10(12)5-3-9/h2-5,8H,6-7,13H2,1H3. The van der Waals surface area contributed by atoms with Crippen LogP contribution in [0.25, 0.3) is 0 Å². The summed E-state index contributed by atoms with van der Waals surface area (Å²) in [5.74, 6) is -0.699. The maximum absolute atomic E-state index is 12.6. The minimum Gasteiger partial charge on any atom is -0.461 e. The van der Waals surface area contributed by atoms with Gasteiger partial charge in [-0.3, -0.25) is 4.79 Å². The van der Waals surface area contributed by atoms with Crippen molar-refractivity contribution >= 4 is 5.97 Å². The monoisotopic (exact) mass is 211 g/mol. The smallest absolute Gasteiger partial charge is 0.319 e. The van der Waals surface area contributed by atoms with Gasteiger partial charge in [-0.05, 0) is 24.6 Å². The van der Waals surface area contributed by atoms with Gasteiger partial charge in [0.15, 0.2) is 0 Å². The van der Waals surface area contributed by atoms with E-state index in [1.165, 1.54) is 12.1 Å². The number of carbonyl (C=O) groups is 1. The zero-order valence-electron chi connectivity index (χ0n) is 8.57. The van der Waals surface area contributed by atoms with Crippen LogP contribution < -0.4 is 5.73 Å². The lowest BCUT2D eigenvalue weighted by Gasteiger charge is -2.12. The number of ether oxygens (including phenoxy) is 1. The Morgan fingerprint density at radius 3 is 2.60 bits per heavy atom. The predicted octanol–water partition coefficient (Wildman–Crippen LogP) is 1.26. The summed E-state index contributed by atoms with van der Waals surface area (Å²) in [6.45, 7) is 1.66. The van der Waals surface area contributed by atoms with Crippen molar-refractivity contribution < 1.29 is 13.9 Å². The van der Waals surface area contributed by atoms with Crippen LogP contribution in [-0.4, -0.2) is 18.6 Å². The van der Waals surface area contributed by atoms with Gasteiger partial charge in [-0.1, -0.05) is 12.1 Å². The molecule has 0 heterocycles. The Hall–Kier alpha value is -1.42. The molecule has 0 fully saturated rings. The van der Waals surface area contributed by atoms with Gasteiger partial charge in [-0.2, -0.15) is 0 Å². The highest BCUT2D eigenvalue weighted by Crippen LogP contribution is 2.07. The quantitative estimate of drug-likeness (QED) is 0.763. The Labute approximate surface area is 88.0 Å². The summed E-state index contributed by atoms with van der Waals surface area (Å²) < 4.78 is 17.6. The third-order valence-corrected chi connectivity index (χ3v) is 1.94. The Bertz CT molecular complexity index is 324. The summed E-state index contributed by atoms with van der Waals surface area (Å²) in [6, 6.07) is 6.10. The first-order valence-electron chi connectivity index (χ1n) is 4.76. The molecule has 0 saturated carbocycles. The molecule has 15 heavy (non-hydrogen) atoms. The molecule has 1 aromatic rings. The lowest BCUT2D eigenvalue weighted by Crippen LogP contribution is -2.23. The first kappa shape index (κ1) is 11.7. The molecule has 4 heteroatoms. The van der Waals surface area contributed by atoms with Crippen molar-refractivity contribution in [3.8, 4) is 0 Å². The van der Waals surface area contributed by atoms with E-state index in [4.69, 9.17) is 10.5 Å². The SMILES string of the molecule is CC(Cc1ccc(F)cc1)OC(=O)CN. The summed E-state index contributed by atoms with van der Waals surface area (Å²) in [7, 11) is 0. The molecule has 0 spiro atoms. The first-order valence-corrected chi connectivity index (χ1v) is 4.76. The zero-order chi connectivity index (χ0) is 11.3. The van der Waals surface area contributed by atoms with Crippen LogP contribution in [0.2, 0.25) is 0 Å². The molecular formula is C11H14FNO2. The molecule has 1 unspecified atom stereocenters. The lowest BCUT2D eigenvalue weighted by atomic mass is 10.1. The van der Waals surface area contributed by atoms with Crippen LogP contribution in [0.3, 0.4) is 0 Å². The molecule has 0 aliphatic rings. The number of esters is 1. The maximum Gasteiger partial charge on any atom is 0.319 e. The summed E-state index contributed by atoms with van der Waals surface area (Å²) >= 11 is 0. The Balaban J connectivity index is 2.47. The van der Waals surface area contributed by atoms with E-state index in [9.17, 15) is 9.18 Å². The van der Waals surface area contributed by atoms with E-state index < -0.39 is 5.97 Å². The van der Waals surface area contributed by atoms with Gasteiger partial charge in [0.05, 0.1) is 6.54 Å². The molecule has 3 nitrogen and oxygen atoms in total. The van der Waals surface area contributed by atoms with Crippen LogP contribution in [0, 0.1) is 5.82 Å². The average Bonchev–Trinajstić information content (AvgIpc) is 2.21. The van der Waals surface area contributed by atoms with Crippen LogP contribution >= 0.6 is 0 Å². The Morgan fingerprint density at radius 2 is 2.07 bits per heavy atom. The molecule has 0 amide bonds. The fourth-order valence-electron chi connectivity index (χ4n) is 1.27. The Kier molecular flexibility index (Phi) is 4.24. The van der Waals surface area contributed by atoms with Gasteiger partial charge >= 0.3 is 5.97 Å². The van der Waals surface area contributed by atoms with Gasteiger partial charge in [0.2, 0.25) is 0 Å². The number of carbonyl (C=O) groups excluding carboxylic acids is 1. The van der Waals surface area contributed by atoms with Gasteiger partial charge in [0.1, 0.15) is 11.9 Å². The molecule has 0 saturated heterocycles. The first-order chi connectivity index (χ1) is 7.11. The molecule has 0 aliphatic carbocycles. The number of halogens is 1. The van der Waals surface area contributed by atoms with Crippen molar-refractivity contribution in [3.63, 3.8) is 0 Å². The summed E-state index contributed by atoms with van der Waals surface area (Å²) in [6.07, 6.45) is 0.318. The topological polar surface area (TPSA) is 52.3 Å². The van der Waals surface area contributed by atoms with Crippen molar-refractivity contribution in [2.45, 2.75) is 19.4 Å². The second kappa shape index (κ2) is 5.46. The second-order valence-corrected chi connectivity index (χ2v) is 3.34. The predicted molar refractivity (Wildman–Crippen MR) is 54.7 cm³/mol. The van der Waals surface area contributed by atoms with E-state index >= 15 is 0 Å². The number of benzene rings is 1. The highest BCUT2D eigenvalue weighted by molar-refractivity contribution is 5.71. The Morgan fingerprint density at radius 1 is 1.47 bits per heavy atom. The van der Waals surface area contributed by atoms with Gasteiger partial charge < -0.3 is 10.5 Å². The third kappa shape index (κ3) is 4.08. The van der Waals surface area contributed by atoms with Crippen LogP contribution in [0.4, 0.5) is 4.39 Å². The van der Waals surface area contributed by atoms with Crippen LogP contribution in [0.5, 0.6) is 0 Å². The minimum absolute atomic E-state index is 0.117. The van der Waals surface area contributed by atoms with E-state index in [-0.39, 0.29) is 18.5 Å². The average molecular weight is 211 g/mol. The lowest BCUT2D eigenvalue weighted by molar-refractivity contribution is -0.146. The van der Waals surface area contributed by atoms with Crippen LogP contribution in [0.1, 0.15) is 12.5 Å². The van der Waals surface area contributed by atoms with Gasteiger partial charge in [-0.25, -0.2) is 4.39 Å². The number of hydrogen-bond acceptors (Lipinski definition) is 3. The van der Waals surface area contributed by atoms with E-state index in [0.29, 0.717) is 6.42 Å². The normalized spacial score (nSPS) is 12.2. The summed E-state index contributed by atoms with van der Waals surface area (Å²) in [4.78, 5) is 10.9. The molecule has 1 atom stereocenters. The minimum atomic E-state index is -0.426. The fraction of sp³-hybridized carbons (Fsp3) is 0.364. The number of rotatable bonds is 4. The van der Waals surface area contributed by atoms with Crippen molar-refractivity contribution in [1.82, 2.24) is 0 Å². The van der Waals surface area contributed by atoms with E-state index in [0.717, 1.165) is 5.56 Å². The number of hydrogen-bond donors (Lipinski definition) is 1. The highest BCUT2D eigenvalue weighted by Gasteiger charge is 2.08. The summed E-state index contributed by atoms with van der Waals surface area (Å²) in [5, 5.41) is 0. The molecule has 0 bridgehead atoms.